The number of carbonyl (C=O) groups is 1. The van der Waals surface area contributed by atoms with Crippen LogP contribution in [0.15, 0.2) is 24.3 Å². The highest BCUT2D eigenvalue weighted by molar-refractivity contribution is 8.00. The van der Waals surface area contributed by atoms with Crippen LogP contribution in [0.3, 0.4) is 0 Å². The van der Waals surface area contributed by atoms with Crippen molar-refractivity contribution < 1.29 is 15.2 Å². The van der Waals surface area contributed by atoms with E-state index in [4.69, 9.17) is 0 Å². The lowest BCUT2D eigenvalue weighted by Crippen LogP contribution is -2.92. The predicted molar refractivity (Wildman–Crippen MR) is 75.9 cm³/mol. The monoisotopic (exact) mass is 280 g/mol. The Morgan fingerprint density at radius 2 is 1.89 bits per heavy atom. The van der Waals surface area contributed by atoms with Gasteiger partial charge in [0.1, 0.15) is 12.0 Å². The summed E-state index contributed by atoms with van der Waals surface area (Å²) in [4.78, 5) is 13.2. The standard InChI is InChI=1S/C14H20N2O2S/c1-14(2)11(13(17)18)15-12(19-14)9-5-7-10(8-6-9)16(3)4/h5-8,11-12,15H,1-4H3,(H,17,18)/t11-,12-/m0/s1. The Kier molecular flexibility index (Phi) is 3.78. The summed E-state index contributed by atoms with van der Waals surface area (Å²) in [5.41, 5.74) is 2.29. The molecule has 1 aromatic rings. The quantitative estimate of drug-likeness (QED) is 0.844. The van der Waals surface area contributed by atoms with Crippen LogP contribution in [0.2, 0.25) is 0 Å². The minimum Gasteiger partial charge on any atom is -0.544 e. The smallest absolute Gasteiger partial charge is 0.160 e. The van der Waals surface area contributed by atoms with Crippen molar-refractivity contribution in [2.24, 2.45) is 0 Å². The molecule has 19 heavy (non-hydrogen) atoms. The molecule has 1 aliphatic heterocycles. The number of carboxylic acid groups (broad SMARTS) is 1. The maximum atomic E-state index is 11.2. The molecule has 1 aromatic carbocycles. The molecule has 0 unspecified atom stereocenters. The van der Waals surface area contributed by atoms with Gasteiger partial charge in [-0.05, 0) is 26.0 Å². The van der Waals surface area contributed by atoms with E-state index in [1.54, 1.807) is 11.8 Å². The Balaban J connectivity index is 2.18. The molecule has 2 rings (SSSR count). The zero-order valence-electron chi connectivity index (χ0n) is 11.7. The predicted octanol–water partition coefficient (Wildman–Crippen LogP) is -0.0415. The highest BCUT2D eigenvalue weighted by atomic mass is 32.2. The first-order chi connectivity index (χ1) is 8.81. The fourth-order valence-electron chi connectivity index (χ4n) is 2.35. The average Bonchev–Trinajstić information content (AvgIpc) is 2.65. The lowest BCUT2D eigenvalue weighted by molar-refractivity contribution is -0.695. The van der Waals surface area contributed by atoms with Crippen LogP contribution in [0.1, 0.15) is 24.8 Å². The zero-order valence-corrected chi connectivity index (χ0v) is 12.5. The molecule has 0 saturated carbocycles. The molecule has 4 nitrogen and oxygen atoms in total. The Hall–Kier alpha value is -1.20. The normalized spacial score (nSPS) is 25.3. The third-order valence-corrected chi connectivity index (χ3v) is 5.08. The van der Waals surface area contributed by atoms with Crippen LogP contribution in [-0.2, 0) is 4.79 Å². The van der Waals surface area contributed by atoms with E-state index in [1.807, 2.05) is 38.2 Å². The van der Waals surface area contributed by atoms with Gasteiger partial charge in [0.2, 0.25) is 0 Å². The molecule has 2 atom stereocenters. The van der Waals surface area contributed by atoms with Crippen molar-refractivity contribution in [2.45, 2.75) is 30.0 Å². The van der Waals surface area contributed by atoms with E-state index >= 15 is 0 Å². The highest BCUT2D eigenvalue weighted by Crippen LogP contribution is 2.40. The van der Waals surface area contributed by atoms with E-state index in [-0.39, 0.29) is 10.1 Å². The lowest BCUT2D eigenvalue weighted by Gasteiger charge is -2.21. The maximum absolute atomic E-state index is 11.2. The number of thioether (sulfide) groups is 1. The maximum Gasteiger partial charge on any atom is 0.160 e. The minimum atomic E-state index is -0.982. The third kappa shape index (κ3) is 2.87. The van der Waals surface area contributed by atoms with Gasteiger partial charge in [0.15, 0.2) is 5.37 Å². The first-order valence-corrected chi connectivity index (χ1v) is 7.20. The van der Waals surface area contributed by atoms with Crippen LogP contribution in [0.4, 0.5) is 5.69 Å². The number of nitrogens with two attached hydrogens (primary N) is 1. The van der Waals surface area contributed by atoms with Crippen LogP contribution < -0.4 is 15.3 Å². The third-order valence-electron chi connectivity index (χ3n) is 3.54. The summed E-state index contributed by atoms with van der Waals surface area (Å²) in [6.07, 6.45) is 0. The largest absolute Gasteiger partial charge is 0.544 e. The Bertz CT molecular complexity index is 471. The number of benzene rings is 1. The first-order valence-electron chi connectivity index (χ1n) is 6.32. The van der Waals surface area contributed by atoms with E-state index in [0.717, 1.165) is 11.3 Å². The van der Waals surface area contributed by atoms with Crippen molar-refractivity contribution in [3.8, 4) is 0 Å². The molecule has 1 fully saturated rings. The van der Waals surface area contributed by atoms with Crippen molar-refractivity contribution in [1.82, 2.24) is 0 Å². The molecule has 0 radical (unpaired) electrons. The SMILES string of the molecule is CN(C)c1ccc([C@H]2[NH2+][C@@H](C(=O)[O-])C(C)(C)S2)cc1. The fourth-order valence-corrected chi connectivity index (χ4v) is 3.85. The molecular weight excluding hydrogens is 260 g/mol. The van der Waals surface area contributed by atoms with E-state index in [1.165, 1.54) is 0 Å². The van der Waals surface area contributed by atoms with Crippen molar-refractivity contribution in [1.29, 1.82) is 0 Å². The van der Waals surface area contributed by atoms with Gasteiger partial charge < -0.3 is 20.1 Å². The van der Waals surface area contributed by atoms with Gasteiger partial charge in [0.05, 0.1) is 4.75 Å². The number of carboxylic acids is 1. The zero-order chi connectivity index (χ0) is 14.2. The number of hydrogen-bond acceptors (Lipinski definition) is 4. The second kappa shape index (κ2) is 5.06. The van der Waals surface area contributed by atoms with Crippen molar-refractivity contribution in [2.75, 3.05) is 19.0 Å². The van der Waals surface area contributed by atoms with Crippen molar-refractivity contribution >= 4 is 23.4 Å². The Labute approximate surface area is 118 Å². The number of quaternary nitrogens is 1. The second-order valence-corrected chi connectivity index (χ2v) is 7.41. The Morgan fingerprint density at radius 1 is 1.32 bits per heavy atom. The van der Waals surface area contributed by atoms with Gasteiger partial charge in [-0.3, -0.25) is 0 Å². The van der Waals surface area contributed by atoms with Gasteiger partial charge in [-0.1, -0.05) is 23.9 Å². The molecular formula is C14H20N2O2S. The molecule has 5 heteroatoms. The average molecular weight is 280 g/mol. The molecule has 104 valence electrons. The summed E-state index contributed by atoms with van der Waals surface area (Å²) in [6.45, 7) is 3.92. The molecule has 0 aromatic heterocycles. The number of rotatable bonds is 3. The second-order valence-electron chi connectivity index (χ2n) is 5.62. The van der Waals surface area contributed by atoms with Gasteiger partial charge >= 0.3 is 0 Å². The van der Waals surface area contributed by atoms with Gasteiger partial charge in [-0.2, -0.15) is 0 Å². The topological polar surface area (TPSA) is 60.0 Å². The number of hydrogen-bond donors (Lipinski definition) is 1. The van der Waals surface area contributed by atoms with E-state index < -0.39 is 12.0 Å². The molecule has 0 spiro atoms. The lowest BCUT2D eigenvalue weighted by atomic mass is 10.0. The summed E-state index contributed by atoms with van der Waals surface area (Å²) >= 11 is 1.68. The summed E-state index contributed by atoms with van der Waals surface area (Å²) in [7, 11) is 4.00. The fraction of sp³-hybridized carbons (Fsp3) is 0.500. The van der Waals surface area contributed by atoms with E-state index in [2.05, 4.69) is 24.3 Å². The number of anilines is 1. The van der Waals surface area contributed by atoms with Gasteiger partial charge in [0, 0.05) is 25.3 Å². The minimum absolute atomic E-state index is 0.120. The number of nitrogens with zero attached hydrogens (tertiary/aromatic N) is 1. The van der Waals surface area contributed by atoms with Crippen LogP contribution in [-0.4, -0.2) is 30.9 Å². The summed E-state index contributed by atoms with van der Waals surface area (Å²) < 4.78 is -0.316. The first kappa shape index (κ1) is 14.2. The molecule has 0 bridgehead atoms. The van der Waals surface area contributed by atoms with Crippen molar-refractivity contribution in [3.05, 3.63) is 29.8 Å². The van der Waals surface area contributed by atoms with Gasteiger partial charge in [0.25, 0.3) is 0 Å². The van der Waals surface area contributed by atoms with Crippen LogP contribution in [0.5, 0.6) is 0 Å². The van der Waals surface area contributed by atoms with E-state index in [9.17, 15) is 9.90 Å². The summed E-state index contributed by atoms with van der Waals surface area (Å²) in [5.74, 6) is -0.982. The van der Waals surface area contributed by atoms with E-state index in [0.29, 0.717) is 0 Å². The van der Waals surface area contributed by atoms with Gasteiger partial charge in [-0.15, -0.1) is 0 Å². The van der Waals surface area contributed by atoms with Crippen LogP contribution >= 0.6 is 11.8 Å². The molecule has 0 amide bonds. The van der Waals surface area contributed by atoms with Gasteiger partial charge in [-0.25, -0.2) is 0 Å². The number of carbonyl (C=O) groups excluding carboxylic acids is 1. The molecule has 1 aliphatic rings. The molecule has 1 heterocycles. The summed E-state index contributed by atoms with van der Waals surface area (Å²) in [6, 6.07) is 7.75. The summed E-state index contributed by atoms with van der Waals surface area (Å²) in [5, 5.41) is 13.2. The Morgan fingerprint density at radius 3 is 2.32 bits per heavy atom. The molecule has 1 saturated heterocycles. The highest BCUT2D eigenvalue weighted by Gasteiger charge is 2.46. The van der Waals surface area contributed by atoms with Crippen LogP contribution in [0, 0.1) is 0 Å². The molecule has 2 N–H and O–H groups in total. The number of aliphatic carboxylic acids is 1. The van der Waals surface area contributed by atoms with Crippen molar-refractivity contribution in [3.63, 3.8) is 0 Å². The van der Waals surface area contributed by atoms with Crippen LogP contribution in [0.25, 0.3) is 0 Å². The molecule has 0 aliphatic carbocycles.